The van der Waals surface area contributed by atoms with E-state index in [9.17, 15) is 14.7 Å². The summed E-state index contributed by atoms with van der Waals surface area (Å²) in [7, 11) is 0. The number of hydrogen-bond acceptors (Lipinski definition) is 4. The third-order valence-corrected chi connectivity index (χ3v) is 6.02. The Hall–Kier alpha value is -2.41. The van der Waals surface area contributed by atoms with Crippen LogP contribution in [-0.4, -0.2) is 34.6 Å². The van der Waals surface area contributed by atoms with E-state index in [4.69, 9.17) is 5.73 Å². The lowest BCUT2D eigenvalue weighted by Gasteiger charge is -2.37. The first-order valence-corrected chi connectivity index (χ1v) is 9.41. The molecule has 0 radical (unpaired) electrons. The molecule has 1 aliphatic carbocycles. The zero-order valence-corrected chi connectivity index (χ0v) is 15.5. The van der Waals surface area contributed by atoms with Gasteiger partial charge in [0.1, 0.15) is 5.56 Å². The average Bonchev–Trinajstić information content (AvgIpc) is 3.43. The standard InChI is InChI=1S/C20H24FN3O3/c1-10-5-6-23(9-16(10)22)18-11(2)17-13(12-3-4-12)7-14(20(26)27)19(25)24(17)8-15(18)21/h7-8,10,12,16H,3-6,9,22H2,1-2H3,(H,26,27)/t10-,16+/m1/s1. The van der Waals surface area contributed by atoms with Crippen LogP contribution in [0.2, 0.25) is 0 Å². The first kappa shape index (κ1) is 18.0. The second kappa shape index (κ2) is 6.34. The Kier molecular flexibility index (Phi) is 4.22. The number of nitrogens with zero attached hydrogens (tertiary/aromatic N) is 2. The summed E-state index contributed by atoms with van der Waals surface area (Å²) in [6.07, 6.45) is 3.92. The molecule has 2 aliphatic rings. The van der Waals surface area contributed by atoms with Crippen LogP contribution >= 0.6 is 0 Å². The Balaban J connectivity index is 1.96. The Morgan fingerprint density at radius 1 is 1.33 bits per heavy atom. The maximum atomic E-state index is 15.1. The molecule has 3 heterocycles. The van der Waals surface area contributed by atoms with Crippen LogP contribution in [0.25, 0.3) is 5.52 Å². The fraction of sp³-hybridized carbons (Fsp3) is 0.500. The molecule has 2 aromatic rings. The second-order valence-electron chi connectivity index (χ2n) is 7.94. The number of carboxylic acid groups (broad SMARTS) is 1. The topological polar surface area (TPSA) is 88.0 Å². The first-order valence-electron chi connectivity index (χ1n) is 9.41. The van der Waals surface area contributed by atoms with Crippen LogP contribution < -0.4 is 16.2 Å². The van der Waals surface area contributed by atoms with Crippen LogP contribution in [-0.2, 0) is 0 Å². The predicted octanol–water partition coefficient (Wildman–Crippen LogP) is 2.50. The van der Waals surface area contributed by atoms with E-state index in [1.165, 1.54) is 10.5 Å². The van der Waals surface area contributed by atoms with Gasteiger partial charge in [-0.2, -0.15) is 0 Å². The lowest BCUT2D eigenvalue weighted by atomic mass is 9.93. The Labute approximate surface area is 156 Å². The average molecular weight is 373 g/mol. The number of rotatable bonds is 3. The number of aryl methyl sites for hydroxylation is 1. The summed E-state index contributed by atoms with van der Waals surface area (Å²) in [5, 5.41) is 9.37. The molecule has 1 aliphatic heterocycles. The van der Waals surface area contributed by atoms with Gasteiger partial charge in [0, 0.05) is 19.1 Å². The third kappa shape index (κ3) is 2.90. The van der Waals surface area contributed by atoms with Crippen LogP contribution in [0.4, 0.5) is 10.1 Å². The summed E-state index contributed by atoms with van der Waals surface area (Å²) < 4.78 is 16.2. The minimum Gasteiger partial charge on any atom is -0.477 e. The molecular formula is C20H24FN3O3. The van der Waals surface area contributed by atoms with Crippen LogP contribution in [0.15, 0.2) is 17.1 Å². The van der Waals surface area contributed by atoms with Gasteiger partial charge in [-0.05, 0) is 55.2 Å². The quantitative estimate of drug-likeness (QED) is 0.863. The molecule has 4 rings (SSSR count). The number of anilines is 1. The van der Waals surface area contributed by atoms with E-state index in [-0.39, 0.29) is 17.5 Å². The number of aromatic carboxylic acids is 1. The number of fused-ring (bicyclic) bond motifs is 1. The van der Waals surface area contributed by atoms with Gasteiger partial charge in [0.2, 0.25) is 0 Å². The Morgan fingerprint density at radius 2 is 2.04 bits per heavy atom. The van der Waals surface area contributed by atoms with Crippen molar-refractivity contribution in [3.05, 3.63) is 45.1 Å². The molecule has 1 saturated heterocycles. The molecule has 2 fully saturated rings. The van der Waals surface area contributed by atoms with Gasteiger partial charge in [-0.15, -0.1) is 0 Å². The van der Waals surface area contributed by atoms with Crippen molar-refractivity contribution in [1.29, 1.82) is 0 Å². The maximum Gasteiger partial charge on any atom is 0.341 e. The van der Waals surface area contributed by atoms with Gasteiger partial charge in [-0.3, -0.25) is 9.20 Å². The van der Waals surface area contributed by atoms with Crippen molar-refractivity contribution in [2.75, 3.05) is 18.0 Å². The van der Waals surface area contributed by atoms with Crippen molar-refractivity contribution < 1.29 is 14.3 Å². The molecule has 0 amide bonds. The monoisotopic (exact) mass is 373 g/mol. The third-order valence-electron chi connectivity index (χ3n) is 6.02. The SMILES string of the molecule is Cc1c(N2CC[C@@H](C)[C@@H](N)C2)c(F)cn2c(=O)c(C(=O)O)cc(C3CC3)c12. The van der Waals surface area contributed by atoms with E-state index in [0.717, 1.165) is 31.0 Å². The van der Waals surface area contributed by atoms with Gasteiger partial charge in [-0.25, -0.2) is 9.18 Å². The lowest BCUT2D eigenvalue weighted by molar-refractivity contribution is 0.0694. The summed E-state index contributed by atoms with van der Waals surface area (Å²) in [4.78, 5) is 26.1. The zero-order chi connectivity index (χ0) is 19.5. The van der Waals surface area contributed by atoms with Crippen molar-refractivity contribution in [2.24, 2.45) is 11.7 Å². The summed E-state index contributed by atoms with van der Waals surface area (Å²) in [5.74, 6) is -1.20. The Morgan fingerprint density at radius 3 is 2.63 bits per heavy atom. The van der Waals surface area contributed by atoms with Crippen LogP contribution in [0, 0.1) is 18.7 Å². The highest BCUT2D eigenvalue weighted by molar-refractivity contribution is 5.89. The first-order chi connectivity index (χ1) is 12.8. The minimum absolute atomic E-state index is 0.0340. The minimum atomic E-state index is -1.28. The van der Waals surface area contributed by atoms with Gasteiger partial charge in [0.25, 0.3) is 5.56 Å². The summed E-state index contributed by atoms with van der Waals surface area (Å²) >= 11 is 0. The molecule has 3 N–H and O–H groups in total. The van der Waals surface area contributed by atoms with Gasteiger partial charge in [-0.1, -0.05) is 6.92 Å². The van der Waals surface area contributed by atoms with E-state index in [0.29, 0.717) is 35.8 Å². The number of pyridine rings is 2. The number of carbonyl (C=O) groups is 1. The molecular weight excluding hydrogens is 349 g/mol. The number of hydrogen-bond donors (Lipinski definition) is 2. The largest absolute Gasteiger partial charge is 0.477 e. The van der Waals surface area contributed by atoms with Crippen molar-refractivity contribution in [1.82, 2.24) is 4.40 Å². The highest BCUT2D eigenvalue weighted by atomic mass is 19.1. The molecule has 0 unspecified atom stereocenters. The molecule has 2 aromatic heterocycles. The van der Waals surface area contributed by atoms with Crippen molar-refractivity contribution in [2.45, 2.75) is 45.1 Å². The summed E-state index contributed by atoms with van der Waals surface area (Å²) in [6, 6.07) is 1.45. The summed E-state index contributed by atoms with van der Waals surface area (Å²) in [5.41, 5.74) is 7.80. The van der Waals surface area contributed by atoms with E-state index in [1.807, 2.05) is 11.8 Å². The van der Waals surface area contributed by atoms with Crippen molar-refractivity contribution in [3.8, 4) is 0 Å². The highest BCUT2D eigenvalue weighted by Crippen LogP contribution is 2.44. The van der Waals surface area contributed by atoms with Crippen molar-refractivity contribution >= 4 is 17.2 Å². The smallest absolute Gasteiger partial charge is 0.341 e. The number of nitrogens with two attached hydrogens (primary N) is 1. The highest BCUT2D eigenvalue weighted by Gasteiger charge is 2.32. The predicted molar refractivity (Wildman–Crippen MR) is 101 cm³/mol. The molecule has 144 valence electrons. The molecule has 1 saturated carbocycles. The van der Waals surface area contributed by atoms with Gasteiger partial charge < -0.3 is 15.7 Å². The normalized spacial score (nSPS) is 23.0. The molecule has 0 aromatic carbocycles. The fourth-order valence-corrected chi connectivity index (χ4v) is 4.19. The number of aromatic nitrogens is 1. The molecule has 7 heteroatoms. The van der Waals surface area contributed by atoms with Gasteiger partial charge in [0.05, 0.1) is 17.4 Å². The lowest BCUT2D eigenvalue weighted by Crippen LogP contribution is -2.48. The molecule has 6 nitrogen and oxygen atoms in total. The Bertz CT molecular complexity index is 996. The summed E-state index contributed by atoms with van der Waals surface area (Å²) in [6.45, 7) is 5.18. The molecule has 27 heavy (non-hydrogen) atoms. The van der Waals surface area contributed by atoms with E-state index >= 15 is 4.39 Å². The van der Waals surface area contributed by atoms with Crippen LogP contribution in [0.1, 0.15) is 53.6 Å². The number of halogens is 1. The maximum absolute atomic E-state index is 15.1. The number of carboxylic acids is 1. The zero-order valence-electron chi connectivity index (χ0n) is 15.5. The number of piperidine rings is 1. The van der Waals surface area contributed by atoms with Crippen LogP contribution in [0.5, 0.6) is 0 Å². The van der Waals surface area contributed by atoms with E-state index in [2.05, 4.69) is 6.92 Å². The van der Waals surface area contributed by atoms with Gasteiger partial charge in [0.15, 0.2) is 5.82 Å². The molecule has 2 atom stereocenters. The van der Waals surface area contributed by atoms with Crippen LogP contribution in [0.3, 0.4) is 0 Å². The fourth-order valence-electron chi connectivity index (χ4n) is 4.19. The van der Waals surface area contributed by atoms with E-state index in [1.54, 1.807) is 0 Å². The van der Waals surface area contributed by atoms with Crippen molar-refractivity contribution in [3.63, 3.8) is 0 Å². The molecule has 0 bridgehead atoms. The molecule has 0 spiro atoms. The van der Waals surface area contributed by atoms with Gasteiger partial charge >= 0.3 is 5.97 Å². The van der Waals surface area contributed by atoms with E-state index < -0.39 is 17.3 Å². The second-order valence-corrected chi connectivity index (χ2v) is 7.94.